The highest BCUT2D eigenvalue weighted by Crippen LogP contribution is 2.32. The van der Waals surface area contributed by atoms with Crippen molar-refractivity contribution >= 4 is 17.8 Å². The summed E-state index contributed by atoms with van der Waals surface area (Å²) in [5.74, 6) is -1.51. The second-order valence-electron chi connectivity index (χ2n) is 6.27. The Bertz CT molecular complexity index is 573. The van der Waals surface area contributed by atoms with E-state index in [2.05, 4.69) is 17.6 Å². The molecule has 1 aliphatic carbocycles. The number of carboxylic acid groups (broad SMARTS) is 1. The first-order valence-electron chi connectivity index (χ1n) is 7.72. The van der Waals surface area contributed by atoms with Crippen LogP contribution in [0.5, 0.6) is 0 Å². The zero-order chi connectivity index (χ0) is 17.0. The summed E-state index contributed by atoms with van der Waals surface area (Å²) in [6.07, 6.45) is 4.95. The summed E-state index contributed by atoms with van der Waals surface area (Å²) in [4.78, 5) is 35.8. The van der Waals surface area contributed by atoms with Gasteiger partial charge in [-0.05, 0) is 44.6 Å². The normalized spacial score (nSPS) is 25.4. The van der Waals surface area contributed by atoms with Crippen LogP contribution in [0.15, 0.2) is 23.0 Å². The molecule has 0 bridgehead atoms. The third-order valence-corrected chi connectivity index (χ3v) is 4.42. The second kappa shape index (κ2) is 6.85. The smallest absolute Gasteiger partial charge is 0.329 e. The average Bonchev–Trinajstić information content (AvgIpc) is 3.03. The molecule has 2 rings (SSSR count). The number of carboxylic acids is 1. The van der Waals surface area contributed by atoms with Gasteiger partial charge in [0.1, 0.15) is 17.8 Å². The lowest BCUT2D eigenvalue weighted by Crippen LogP contribution is -2.60. The number of carbonyl (C=O) groups excluding carboxylic acids is 2. The van der Waals surface area contributed by atoms with E-state index in [4.69, 9.17) is 4.42 Å². The third kappa shape index (κ3) is 3.91. The summed E-state index contributed by atoms with van der Waals surface area (Å²) in [6, 6.07) is 0.647. The van der Waals surface area contributed by atoms with Gasteiger partial charge in [0.25, 0.3) is 5.91 Å². The third-order valence-electron chi connectivity index (χ3n) is 4.42. The van der Waals surface area contributed by atoms with Crippen molar-refractivity contribution in [1.29, 1.82) is 0 Å². The fourth-order valence-corrected chi connectivity index (χ4v) is 2.73. The number of hydrogen-bond donors (Lipinski definition) is 3. The molecule has 1 saturated carbocycles. The zero-order valence-corrected chi connectivity index (χ0v) is 13.3. The monoisotopic (exact) mass is 322 g/mol. The molecular formula is C16H22N2O5. The molecule has 3 N–H and O–H groups in total. The summed E-state index contributed by atoms with van der Waals surface area (Å²) in [5.41, 5.74) is -0.929. The lowest BCUT2D eigenvalue weighted by atomic mass is 9.77. The van der Waals surface area contributed by atoms with Crippen LogP contribution in [0.1, 0.15) is 49.9 Å². The van der Waals surface area contributed by atoms with Gasteiger partial charge in [0.2, 0.25) is 5.91 Å². The number of nitrogens with one attached hydrogen (secondary N) is 2. The molecule has 1 unspecified atom stereocenters. The van der Waals surface area contributed by atoms with E-state index in [1.54, 1.807) is 0 Å². The van der Waals surface area contributed by atoms with Crippen molar-refractivity contribution in [1.82, 2.24) is 10.6 Å². The van der Waals surface area contributed by atoms with Crippen molar-refractivity contribution in [2.45, 2.75) is 51.1 Å². The number of furan rings is 1. The molecule has 0 radical (unpaired) electrons. The first kappa shape index (κ1) is 17.1. The van der Waals surface area contributed by atoms with Crippen molar-refractivity contribution in [3.05, 3.63) is 24.2 Å². The van der Waals surface area contributed by atoms with Crippen molar-refractivity contribution in [3.63, 3.8) is 0 Å². The van der Waals surface area contributed by atoms with Crippen LogP contribution in [0.2, 0.25) is 0 Å². The quantitative estimate of drug-likeness (QED) is 0.762. The molecule has 126 valence electrons. The van der Waals surface area contributed by atoms with Crippen molar-refractivity contribution < 1.29 is 23.9 Å². The first-order valence-corrected chi connectivity index (χ1v) is 7.72. The fourth-order valence-electron chi connectivity index (χ4n) is 2.73. The maximum atomic E-state index is 12.3. The summed E-state index contributed by atoms with van der Waals surface area (Å²) in [7, 11) is 0. The SMILES string of the molecule is CC1CCC(NC(=O)C(C)NC(=O)c2ccoc2)(C(=O)O)CC1. The minimum Gasteiger partial charge on any atom is -0.480 e. The average molecular weight is 322 g/mol. The van der Waals surface area contributed by atoms with E-state index >= 15 is 0 Å². The highest BCUT2D eigenvalue weighted by Gasteiger charge is 2.43. The molecule has 0 aromatic carbocycles. The highest BCUT2D eigenvalue weighted by atomic mass is 16.4. The van der Waals surface area contributed by atoms with Gasteiger partial charge in [-0.2, -0.15) is 0 Å². The molecule has 23 heavy (non-hydrogen) atoms. The van der Waals surface area contributed by atoms with Gasteiger partial charge in [-0.15, -0.1) is 0 Å². The first-order chi connectivity index (χ1) is 10.8. The van der Waals surface area contributed by atoms with Crippen molar-refractivity contribution in [3.8, 4) is 0 Å². The molecule has 0 saturated heterocycles. The minimum atomic E-state index is -1.24. The summed E-state index contributed by atoms with van der Waals surface area (Å²) in [5, 5.41) is 14.7. The van der Waals surface area contributed by atoms with Crippen LogP contribution in [0.4, 0.5) is 0 Å². The molecular weight excluding hydrogens is 300 g/mol. The summed E-state index contributed by atoms with van der Waals surface area (Å²) in [6.45, 7) is 3.59. The Morgan fingerprint density at radius 1 is 1.35 bits per heavy atom. The number of aliphatic carboxylic acids is 1. The molecule has 1 atom stereocenters. The van der Waals surface area contributed by atoms with Crippen molar-refractivity contribution in [2.24, 2.45) is 5.92 Å². The molecule has 1 aliphatic rings. The van der Waals surface area contributed by atoms with Crippen LogP contribution in [-0.4, -0.2) is 34.5 Å². The van der Waals surface area contributed by atoms with Gasteiger partial charge >= 0.3 is 5.97 Å². The Morgan fingerprint density at radius 3 is 2.52 bits per heavy atom. The largest absolute Gasteiger partial charge is 0.480 e. The van der Waals surface area contributed by atoms with Crippen molar-refractivity contribution in [2.75, 3.05) is 0 Å². The van der Waals surface area contributed by atoms with E-state index in [1.165, 1.54) is 25.5 Å². The molecule has 0 aliphatic heterocycles. The van der Waals surface area contributed by atoms with Gasteiger partial charge in [-0.1, -0.05) is 6.92 Å². The highest BCUT2D eigenvalue weighted by molar-refractivity contribution is 5.98. The zero-order valence-electron chi connectivity index (χ0n) is 13.3. The van der Waals surface area contributed by atoms with E-state index in [0.717, 1.165) is 12.8 Å². The number of carbonyl (C=O) groups is 3. The standard InChI is InChI=1S/C16H22N2O5/c1-10-3-6-16(7-4-10,15(21)22)18-13(19)11(2)17-14(20)12-5-8-23-9-12/h5,8-11H,3-4,6-7H2,1-2H3,(H,17,20)(H,18,19)(H,21,22). The van der Waals surface area contributed by atoms with Crippen LogP contribution in [0, 0.1) is 5.92 Å². The van der Waals surface area contributed by atoms with Crippen LogP contribution >= 0.6 is 0 Å². The second-order valence-corrected chi connectivity index (χ2v) is 6.27. The summed E-state index contributed by atoms with van der Waals surface area (Å²) < 4.78 is 4.82. The molecule has 1 aromatic rings. The van der Waals surface area contributed by atoms with E-state index < -0.39 is 29.4 Å². The van der Waals surface area contributed by atoms with Crippen LogP contribution in [-0.2, 0) is 9.59 Å². The molecule has 7 nitrogen and oxygen atoms in total. The van der Waals surface area contributed by atoms with Gasteiger partial charge in [0.15, 0.2) is 0 Å². The van der Waals surface area contributed by atoms with E-state index in [1.807, 2.05) is 0 Å². The van der Waals surface area contributed by atoms with Crippen LogP contribution < -0.4 is 10.6 Å². The maximum absolute atomic E-state index is 12.3. The van der Waals surface area contributed by atoms with Gasteiger partial charge in [0, 0.05) is 0 Å². The van der Waals surface area contributed by atoms with Crippen LogP contribution in [0.3, 0.4) is 0 Å². The van der Waals surface area contributed by atoms with Gasteiger partial charge in [-0.3, -0.25) is 9.59 Å². The molecule has 0 spiro atoms. The topological polar surface area (TPSA) is 109 Å². The van der Waals surface area contributed by atoms with Gasteiger partial charge in [-0.25, -0.2) is 4.79 Å². The molecule has 2 amide bonds. The predicted molar refractivity (Wildman–Crippen MR) is 81.8 cm³/mol. The number of rotatable bonds is 5. The minimum absolute atomic E-state index is 0.309. The van der Waals surface area contributed by atoms with E-state index in [9.17, 15) is 19.5 Å². The predicted octanol–water partition coefficient (Wildman–Crippen LogP) is 1.55. The van der Waals surface area contributed by atoms with Gasteiger partial charge < -0.3 is 20.2 Å². The molecule has 1 aromatic heterocycles. The van der Waals surface area contributed by atoms with Crippen LogP contribution in [0.25, 0.3) is 0 Å². The lowest BCUT2D eigenvalue weighted by molar-refractivity contribution is -0.149. The van der Waals surface area contributed by atoms with E-state index in [0.29, 0.717) is 24.3 Å². The Kier molecular flexibility index (Phi) is 5.08. The lowest BCUT2D eigenvalue weighted by Gasteiger charge is -2.37. The van der Waals surface area contributed by atoms with Gasteiger partial charge in [0.05, 0.1) is 11.8 Å². The Balaban J connectivity index is 1.98. The Labute approximate surface area is 134 Å². The fraction of sp³-hybridized carbons (Fsp3) is 0.562. The van der Waals surface area contributed by atoms with E-state index in [-0.39, 0.29) is 0 Å². The Morgan fingerprint density at radius 2 is 2.00 bits per heavy atom. The summed E-state index contributed by atoms with van der Waals surface area (Å²) >= 11 is 0. The number of amides is 2. The Hall–Kier alpha value is -2.31. The number of hydrogen-bond acceptors (Lipinski definition) is 4. The molecule has 1 heterocycles. The maximum Gasteiger partial charge on any atom is 0.329 e. The molecule has 1 fully saturated rings. The molecule has 7 heteroatoms.